The van der Waals surface area contributed by atoms with Gasteiger partial charge in [0.2, 0.25) is 0 Å². The number of aromatic nitrogens is 1. The zero-order chi connectivity index (χ0) is 12.3. The number of carbonyl (C=O) groups excluding carboxylic acids is 1. The van der Waals surface area contributed by atoms with Gasteiger partial charge in [0.1, 0.15) is 5.92 Å². The van der Waals surface area contributed by atoms with Gasteiger partial charge in [0.05, 0.1) is 16.5 Å². The van der Waals surface area contributed by atoms with E-state index in [2.05, 4.69) is 4.98 Å². The second kappa shape index (κ2) is 5.09. The molecule has 0 amide bonds. The topological polar surface area (TPSA) is 53.8 Å². The number of benzene rings is 1. The van der Waals surface area contributed by atoms with Crippen LogP contribution < -0.4 is 0 Å². The third-order valence-electron chi connectivity index (χ3n) is 2.28. The fourth-order valence-electron chi connectivity index (χ4n) is 1.46. The molecule has 0 aliphatic carbocycles. The summed E-state index contributed by atoms with van der Waals surface area (Å²) >= 11 is 7.21. The van der Waals surface area contributed by atoms with Crippen molar-refractivity contribution in [1.29, 1.82) is 5.26 Å². The van der Waals surface area contributed by atoms with Gasteiger partial charge in [-0.25, -0.2) is 0 Å². The molecule has 0 N–H and O–H groups in total. The van der Waals surface area contributed by atoms with Crippen LogP contribution in [-0.4, -0.2) is 10.8 Å². The summed E-state index contributed by atoms with van der Waals surface area (Å²) in [4.78, 5) is 16.4. The van der Waals surface area contributed by atoms with Crippen molar-refractivity contribution >= 4 is 28.7 Å². The smallest absolute Gasteiger partial charge is 0.196 e. The van der Waals surface area contributed by atoms with Gasteiger partial charge in [0.25, 0.3) is 0 Å². The van der Waals surface area contributed by atoms with E-state index in [1.54, 1.807) is 29.8 Å². The molecular weight excluding hydrogens is 256 g/mol. The van der Waals surface area contributed by atoms with E-state index in [1.807, 2.05) is 6.07 Å². The first-order chi connectivity index (χ1) is 8.24. The SMILES string of the molecule is N#CC(C(=O)c1cncs1)c1ccccc1Cl. The Morgan fingerprint density at radius 2 is 2.24 bits per heavy atom. The van der Waals surface area contributed by atoms with Crippen LogP contribution in [0.25, 0.3) is 0 Å². The first-order valence-corrected chi connectivity index (χ1v) is 6.06. The predicted molar refractivity (Wildman–Crippen MR) is 66.3 cm³/mol. The van der Waals surface area contributed by atoms with Crippen LogP contribution in [0.2, 0.25) is 5.02 Å². The lowest BCUT2D eigenvalue weighted by molar-refractivity contribution is 0.0982. The molecule has 5 heteroatoms. The maximum atomic E-state index is 12.1. The number of hydrogen-bond donors (Lipinski definition) is 0. The molecule has 2 rings (SSSR count). The van der Waals surface area contributed by atoms with E-state index in [0.29, 0.717) is 15.5 Å². The molecule has 84 valence electrons. The van der Waals surface area contributed by atoms with E-state index in [4.69, 9.17) is 16.9 Å². The molecule has 2 aromatic rings. The fraction of sp³-hybridized carbons (Fsp3) is 0.0833. The van der Waals surface area contributed by atoms with Gasteiger partial charge in [-0.2, -0.15) is 5.26 Å². The van der Waals surface area contributed by atoms with E-state index >= 15 is 0 Å². The van der Waals surface area contributed by atoms with Crippen LogP contribution >= 0.6 is 22.9 Å². The van der Waals surface area contributed by atoms with Crippen LogP contribution in [0.4, 0.5) is 0 Å². The van der Waals surface area contributed by atoms with Gasteiger partial charge < -0.3 is 0 Å². The van der Waals surface area contributed by atoms with Crippen molar-refractivity contribution in [2.75, 3.05) is 0 Å². The zero-order valence-electron chi connectivity index (χ0n) is 8.63. The summed E-state index contributed by atoms with van der Waals surface area (Å²) in [5.41, 5.74) is 2.10. The van der Waals surface area contributed by atoms with Gasteiger partial charge in [0.15, 0.2) is 5.78 Å². The summed E-state index contributed by atoms with van der Waals surface area (Å²) < 4.78 is 0. The predicted octanol–water partition coefficient (Wildman–Crippen LogP) is 3.29. The Hall–Kier alpha value is -1.70. The molecule has 1 heterocycles. The van der Waals surface area contributed by atoms with E-state index in [9.17, 15) is 4.79 Å². The van der Waals surface area contributed by atoms with Crippen molar-refractivity contribution in [3.63, 3.8) is 0 Å². The number of carbonyl (C=O) groups is 1. The van der Waals surface area contributed by atoms with Crippen LogP contribution in [0.3, 0.4) is 0 Å². The molecular formula is C12H7ClN2OS. The highest BCUT2D eigenvalue weighted by molar-refractivity contribution is 7.11. The Kier molecular flexibility index (Phi) is 3.52. The van der Waals surface area contributed by atoms with E-state index in [1.165, 1.54) is 17.5 Å². The van der Waals surface area contributed by atoms with Crippen molar-refractivity contribution in [3.05, 3.63) is 51.4 Å². The maximum Gasteiger partial charge on any atom is 0.196 e. The van der Waals surface area contributed by atoms with Gasteiger partial charge in [-0.15, -0.1) is 11.3 Å². The minimum Gasteiger partial charge on any atom is -0.291 e. The summed E-state index contributed by atoms with van der Waals surface area (Å²) in [6.45, 7) is 0. The lowest BCUT2D eigenvalue weighted by Crippen LogP contribution is -2.10. The molecule has 0 bridgehead atoms. The van der Waals surface area contributed by atoms with Gasteiger partial charge >= 0.3 is 0 Å². The quantitative estimate of drug-likeness (QED) is 0.798. The molecule has 0 spiro atoms. The number of nitrogens with zero attached hydrogens (tertiary/aromatic N) is 2. The molecule has 1 atom stereocenters. The van der Waals surface area contributed by atoms with Crippen molar-refractivity contribution in [2.45, 2.75) is 5.92 Å². The largest absolute Gasteiger partial charge is 0.291 e. The lowest BCUT2D eigenvalue weighted by Gasteiger charge is -2.08. The van der Waals surface area contributed by atoms with Crippen LogP contribution in [0.15, 0.2) is 36.0 Å². The number of nitriles is 1. The first kappa shape index (κ1) is 11.8. The maximum absolute atomic E-state index is 12.1. The summed E-state index contributed by atoms with van der Waals surface area (Å²) in [5.74, 6) is -1.13. The van der Waals surface area contributed by atoms with Crippen molar-refractivity contribution in [1.82, 2.24) is 4.98 Å². The third kappa shape index (κ3) is 2.36. The summed E-state index contributed by atoms with van der Waals surface area (Å²) in [6, 6.07) is 8.87. The highest BCUT2D eigenvalue weighted by atomic mass is 35.5. The Morgan fingerprint density at radius 1 is 1.47 bits per heavy atom. The average molecular weight is 263 g/mol. The van der Waals surface area contributed by atoms with Crippen LogP contribution in [0.5, 0.6) is 0 Å². The van der Waals surface area contributed by atoms with Crippen LogP contribution in [0.1, 0.15) is 21.2 Å². The fourth-order valence-corrected chi connectivity index (χ4v) is 2.29. The number of ketones is 1. The molecule has 1 unspecified atom stereocenters. The van der Waals surface area contributed by atoms with Crippen LogP contribution in [-0.2, 0) is 0 Å². The van der Waals surface area contributed by atoms with E-state index in [0.717, 1.165) is 0 Å². The normalized spacial score (nSPS) is 11.8. The highest BCUT2D eigenvalue weighted by Crippen LogP contribution is 2.27. The highest BCUT2D eigenvalue weighted by Gasteiger charge is 2.24. The Labute approximate surface area is 107 Å². The number of rotatable bonds is 3. The van der Waals surface area contributed by atoms with Gasteiger partial charge in [0, 0.05) is 11.2 Å². The van der Waals surface area contributed by atoms with Crippen LogP contribution in [0, 0.1) is 11.3 Å². The number of Topliss-reactive ketones (excluding diaryl/α,β-unsaturated/α-hetero) is 1. The molecule has 1 aromatic carbocycles. The van der Waals surface area contributed by atoms with Gasteiger partial charge in [-0.1, -0.05) is 29.8 Å². The van der Waals surface area contributed by atoms with E-state index < -0.39 is 5.92 Å². The van der Waals surface area contributed by atoms with Crippen molar-refractivity contribution in [3.8, 4) is 6.07 Å². The molecule has 17 heavy (non-hydrogen) atoms. The number of hydrogen-bond acceptors (Lipinski definition) is 4. The minimum atomic E-state index is -0.871. The Bertz CT molecular complexity index is 574. The zero-order valence-corrected chi connectivity index (χ0v) is 10.2. The molecule has 0 radical (unpaired) electrons. The standard InChI is InChI=1S/C12H7ClN2OS/c13-10-4-2-1-3-8(10)9(5-14)12(16)11-6-15-7-17-11/h1-4,6-7,9H. The first-order valence-electron chi connectivity index (χ1n) is 4.80. The second-order valence-electron chi connectivity index (χ2n) is 3.31. The van der Waals surface area contributed by atoms with Gasteiger partial charge in [-0.05, 0) is 11.6 Å². The molecule has 0 saturated carbocycles. The van der Waals surface area contributed by atoms with E-state index in [-0.39, 0.29) is 5.78 Å². The van der Waals surface area contributed by atoms with Gasteiger partial charge in [-0.3, -0.25) is 9.78 Å². The number of halogens is 1. The average Bonchev–Trinajstić information content (AvgIpc) is 2.86. The molecule has 0 aliphatic heterocycles. The summed E-state index contributed by atoms with van der Waals surface area (Å²) in [5, 5.41) is 9.56. The molecule has 0 aliphatic rings. The Morgan fingerprint density at radius 3 is 2.82 bits per heavy atom. The monoisotopic (exact) mass is 262 g/mol. The molecule has 0 fully saturated rings. The Balaban J connectivity index is 2.39. The molecule has 0 saturated heterocycles. The van der Waals surface area contributed by atoms with Crippen molar-refractivity contribution < 1.29 is 4.79 Å². The summed E-state index contributed by atoms with van der Waals surface area (Å²) in [6.07, 6.45) is 1.47. The summed E-state index contributed by atoms with van der Waals surface area (Å²) in [7, 11) is 0. The third-order valence-corrected chi connectivity index (χ3v) is 3.41. The van der Waals surface area contributed by atoms with Crippen molar-refractivity contribution in [2.24, 2.45) is 0 Å². The lowest BCUT2D eigenvalue weighted by atomic mass is 9.95. The molecule has 3 nitrogen and oxygen atoms in total. The number of thiazole rings is 1. The minimum absolute atomic E-state index is 0.261. The molecule has 1 aromatic heterocycles. The second-order valence-corrected chi connectivity index (χ2v) is 4.61.